The topological polar surface area (TPSA) is 78.4 Å². The van der Waals surface area contributed by atoms with Gasteiger partial charge in [0.15, 0.2) is 0 Å². The Balaban J connectivity index is 1.67. The maximum atomic E-state index is 12.6. The summed E-state index contributed by atoms with van der Waals surface area (Å²) >= 11 is 0. The Hall–Kier alpha value is -2.96. The molecule has 2 heterocycles. The number of rotatable bonds is 4. The first-order chi connectivity index (χ1) is 13.0. The fourth-order valence-electron chi connectivity index (χ4n) is 3.23. The van der Waals surface area contributed by atoms with Gasteiger partial charge in [0.25, 0.3) is 5.91 Å². The van der Waals surface area contributed by atoms with Crippen LogP contribution >= 0.6 is 0 Å². The Morgan fingerprint density at radius 1 is 1.11 bits per heavy atom. The van der Waals surface area contributed by atoms with Crippen molar-refractivity contribution in [2.24, 2.45) is 0 Å². The number of hydrogen-bond donors (Lipinski definition) is 1. The highest BCUT2D eigenvalue weighted by Crippen LogP contribution is 2.22. The molecule has 1 fully saturated rings. The van der Waals surface area contributed by atoms with Crippen LogP contribution < -0.4 is 10.2 Å². The van der Waals surface area contributed by atoms with Crippen LogP contribution in [0.5, 0.6) is 0 Å². The van der Waals surface area contributed by atoms with E-state index in [1.807, 2.05) is 30.0 Å². The monoisotopic (exact) mass is 367 g/mol. The highest BCUT2D eigenvalue weighted by Gasteiger charge is 2.20. The molecule has 1 saturated heterocycles. The average molecular weight is 367 g/mol. The zero-order valence-corrected chi connectivity index (χ0v) is 16.0. The Morgan fingerprint density at radius 2 is 1.85 bits per heavy atom. The van der Waals surface area contributed by atoms with Gasteiger partial charge in [-0.2, -0.15) is 0 Å². The quantitative estimate of drug-likeness (QED) is 0.897. The summed E-state index contributed by atoms with van der Waals surface area (Å²) in [4.78, 5) is 36.6. The zero-order chi connectivity index (χ0) is 19.4. The second kappa shape index (κ2) is 8.16. The molecule has 7 nitrogen and oxygen atoms in total. The molecular weight excluding hydrogens is 342 g/mol. The molecule has 0 spiro atoms. The van der Waals surface area contributed by atoms with Gasteiger partial charge in [-0.05, 0) is 24.5 Å². The molecule has 2 aromatic rings. The molecule has 1 N–H and O–H groups in total. The lowest BCUT2D eigenvalue weighted by Gasteiger charge is -2.34. The van der Waals surface area contributed by atoms with Crippen LogP contribution in [0.15, 0.2) is 30.6 Å². The number of amides is 2. The molecule has 1 aliphatic heterocycles. The number of nitrogens with zero attached hydrogens (tertiary/aromatic N) is 4. The predicted molar refractivity (Wildman–Crippen MR) is 105 cm³/mol. The van der Waals surface area contributed by atoms with E-state index in [1.54, 1.807) is 13.1 Å². The molecule has 0 aliphatic carbocycles. The summed E-state index contributed by atoms with van der Waals surface area (Å²) in [5, 5.41) is 2.96. The van der Waals surface area contributed by atoms with Gasteiger partial charge in [-0.15, -0.1) is 0 Å². The van der Waals surface area contributed by atoms with Gasteiger partial charge in [-0.1, -0.05) is 25.1 Å². The fraction of sp³-hybridized carbons (Fsp3) is 0.400. The second-order valence-corrected chi connectivity index (χ2v) is 6.67. The summed E-state index contributed by atoms with van der Waals surface area (Å²) in [5.74, 6) is 0.551. The Bertz CT molecular complexity index is 827. The summed E-state index contributed by atoms with van der Waals surface area (Å²) in [5.41, 5.74) is 3.24. The molecule has 142 valence electrons. The number of carbonyl (C=O) groups is 2. The van der Waals surface area contributed by atoms with E-state index in [2.05, 4.69) is 27.1 Å². The van der Waals surface area contributed by atoms with Gasteiger partial charge in [0.05, 0.1) is 12.4 Å². The van der Waals surface area contributed by atoms with E-state index in [9.17, 15) is 9.59 Å². The molecule has 1 aromatic carbocycles. The van der Waals surface area contributed by atoms with E-state index >= 15 is 0 Å². The van der Waals surface area contributed by atoms with Gasteiger partial charge in [0.2, 0.25) is 5.91 Å². The molecule has 7 heteroatoms. The van der Waals surface area contributed by atoms with Crippen molar-refractivity contribution in [3.05, 3.63) is 47.4 Å². The minimum Gasteiger partial charge on any atom is -0.352 e. The van der Waals surface area contributed by atoms with Crippen LogP contribution in [-0.2, 0) is 11.2 Å². The highest BCUT2D eigenvalue weighted by molar-refractivity contribution is 6.03. The number of anilines is 2. The maximum Gasteiger partial charge on any atom is 0.275 e. The molecule has 2 amide bonds. The molecule has 1 aliphatic rings. The van der Waals surface area contributed by atoms with E-state index in [0.717, 1.165) is 29.1 Å². The third-order valence-electron chi connectivity index (χ3n) is 4.90. The minimum atomic E-state index is -0.264. The van der Waals surface area contributed by atoms with Crippen molar-refractivity contribution in [1.29, 1.82) is 0 Å². The smallest absolute Gasteiger partial charge is 0.275 e. The van der Waals surface area contributed by atoms with Crippen molar-refractivity contribution in [1.82, 2.24) is 14.9 Å². The van der Waals surface area contributed by atoms with Gasteiger partial charge >= 0.3 is 0 Å². The normalized spacial score (nSPS) is 14.2. The Morgan fingerprint density at radius 3 is 2.44 bits per heavy atom. The van der Waals surface area contributed by atoms with Crippen molar-refractivity contribution >= 4 is 23.3 Å². The first kappa shape index (κ1) is 18.8. The molecule has 0 saturated carbocycles. The Kier molecular flexibility index (Phi) is 5.69. The van der Waals surface area contributed by atoms with Crippen molar-refractivity contribution in [3.63, 3.8) is 0 Å². The number of carbonyl (C=O) groups excluding carboxylic acids is 2. The lowest BCUT2D eigenvalue weighted by atomic mass is 10.1. The number of nitrogens with one attached hydrogen (secondary N) is 1. The van der Waals surface area contributed by atoms with Crippen molar-refractivity contribution in [2.75, 3.05) is 36.4 Å². The summed E-state index contributed by atoms with van der Waals surface area (Å²) in [6.45, 7) is 8.39. The number of hydrogen-bond acceptors (Lipinski definition) is 5. The molecule has 0 atom stereocenters. The van der Waals surface area contributed by atoms with E-state index in [4.69, 9.17) is 0 Å². The molecule has 0 bridgehead atoms. The van der Waals surface area contributed by atoms with Gasteiger partial charge in [-0.25, -0.2) is 9.97 Å². The van der Waals surface area contributed by atoms with Gasteiger partial charge in [0, 0.05) is 38.8 Å². The number of aryl methyl sites for hydroxylation is 2. The summed E-state index contributed by atoms with van der Waals surface area (Å²) in [7, 11) is 0. The van der Waals surface area contributed by atoms with Crippen LogP contribution in [0.2, 0.25) is 0 Å². The van der Waals surface area contributed by atoms with E-state index in [0.29, 0.717) is 26.2 Å². The maximum absolute atomic E-state index is 12.6. The number of benzene rings is 1. The lowest BCUT2D eigenvalue weighted by Crippen LogP contribution is -2.48. The molecule has 27 heavy (non-hydrogen) atoms. The fourth-order valence-corrected chi connectivity index (χ4v) is 3.23. The number of aromatic nitrogens is 2. The summed E-state index contributed by atoms with van der Waals surface area (Å²) < 4.78 is 0. The van der Waals surface area contributed by atoms with Crippen LogP contribution in [-0.4, -0.2) is 52.9 Å². The third kappa shape index (κ3) is 4.24. The number of piperazine rings is 1. The summed E-state index contributed by atoms with van der Waals surface area (Å²) in [6.07, 6.45) is 3.97. The van der Waals surface area contributed by atoms with Crippen LogP contribution in [0.4, 0.5) is 11.5 Å². The second-order valence-electron chi connectivity index (χ2n) is 6.67. The van der Waals surface area contributed by atoms with Gasteiger partial charge in [-0.3, -0.25) is 9.59 Å². The van der Waals surface area contributed by atoms with Crippen LogP contribution in [0, 0.1) is 6.92 Å². The average Bonchev–Trinajstić information content (AvgIpc) is 2.69. The minimum absolute atomic E-state index is 0.0930. The first-order valence-corrected chi connectivity index (χ1v) is 9.22. The highest BCUT2D eigenvalue weighted by atomic mass is 16.2. The van der Waals surface area contributed by atoms with Crippen LogP contribution in [0.1, 0.15) is 35.5 Å². The number of para-hydroxylation sites is 1. The van der Waals surface area contributed by atoms with Gasteiger partial charge < -0.3 is 15.1 Å². The van der Waals surface area contributed by atoms with Crippen LogP contribution in [0.3, 0.4) is 0 Å². The van der Waals surface area contributed by atoms with Crippen LogP contribution in [0.25, 0.3) is 0 Å². The third-order valence-corrected chi connectivity index (χ3v) is 4.90. The molecule has 1 aromatic heterocycles. The predicted octanol–water partition coefficient (Wildman–Crippen LogP) is 2.27. The van der Waals surface area contributed by atoms with E-state index in [-0.39, 0.29) is 17.5 Å². The van der Waals surface area contributed by atoms with Crippen molar-refractivity contribution in [2.45, 2.75) is 27.2 Å². The molecule has 0 radical (unpaired) electrons. The van der Waals surface area contributed by atoms with Gasteiger partial charge in [0.1, 0.15) is 11.5 Å². The molecular formula is C20H25N5O2. The van der Waals surface area contributed by atoms with E-state index < -0.39 is 0 Å². The standard InChI is InChI=1S/C20H25N5O2/c1-4-16-7-5-6-14(2)19(16)23-20(27)17-12-22-18(13-21-17)25-10-8-24(9-11-25)15(3)26/h5-7,12-13H,4,8-11H2,1-3H3,(H,23,27). The largest absolute Gasteiger partial charge is 0.352 e. The molecule has 3 rings (SSSR count). The van der Waals surface area contributed by atoms with E-state index in [1.165, 1.54) is 6.20 Å². The lowest BCUT2D eigenvalue weighted by molar-refractivity contribution is -0.129. The zero-order valence-electron chi connectivity index (χ0n) is 16.0. The van der Waals surface area contributed by atoms with Crippen molar-refractivity contribution < 1.29 is 9.59 Å². The SMILES string of the molecule is CCc1cccc(C)c1NC(=O)c1cnc(N2CCN(C(C)=O)CC2)cn1. The Labute approximate surface area is 159 Å². The van der Waals surface area contributed by atoms with Crippen molar-refractivity contribution in [3.8, 4) is 0 Å². The molecule has 0 unspecified atom stereocenters. The summed E-state index contributed by atoms with van der Waals surface area (Å²) in [6, 6.07) is 5.98. The first-order valence-electron chi connectivity index (χ1n) is 9.22.